The summed E-state index contributed by atoms with van der Waals surface area (Å²) in [6, 6.07) is 0.374. The number of thioether (sulfide) groups is 1. The van der Waals surface area contributed by atoms with E-state index in [2.05, 4.69) is 44.8 Å². The minimum absolute atomic E-state index is 0.249. The monoisotopic (exact) mass is 271 g/mol. The van der Waals surface area contributed by atoms with Crippen LogP contribution < -0.4 is 5.32 Å². The second kappa shape index (κ2) is 7.39. The standard InChI is InChI=1S/C14H29N3S/c1-6-14(5)9-10-18-13(16-14)15-12(4)11-17(7-2)8-3/h12H,6-11H2,1-5H3,(H,15,16). The number of likely N-dealkylation sites (N-methyl/N-ethyl adjacent to an activating group) is 1. The molecule has 0 amide bonds. The third-order valence-corrected chi connectivity index (χ3v) is 4.73. The molecule has 1 saturated heterocycles. The summed E-state index contributed by atoms with van der Waals surface area (Å²) in [5, 5.41) is 4.76. The summed E-state index contributed by atoms with van der Waals surface area (Å²) in [6.07, 6.45) is 2.40. The Morgan fingerprint density at radius 1 is 1.39 bits per heavy atom. The lowest BCUT2D eigenvalue weighted by atomic mass is 9.96. The quantitative estimate of drug-likeness (QED) is 0.805. The molecule has 1 aliphatic heterocycles. The van der Waals surface area contributed by atoms with Gasteiger partial charge in [0.25, 0.3) is 0 Å². The van der Waals surface area contributed by atoms with Crippen LogP contribution in [-0.4, -0.2) is 47.0 Å². The molecular weight excluding hydrogens is 242 g/mol. The van der Waals surface area contributed by atoms with Crippen molar-refractivity contribution in [3.8, 4) is 0 Å². The lowest BCUT2D eigenvalue weighted by Crippen LogP contribution is -2.48. The Kier molecular flexibility index (Phi) is 6.50. The summed E-state index contributed by atoms with van der Waals surface area (Å²) >= 11 is 1.87. The van der Waals surface area contributed by atoms with Crippen molar-refractivity contribution < 1.29 is 0 Å². The normalized spacial score (nSPS) is 28.4. The van der Waals surface area contributed by atoms with Gasteiger partial charge in [-0.2, -0.15) is 0 Å². The Labute approximate surface area is 117 Å². The maximum Gasteiger partial charge on any atom is 0.157 e. The fourth-order valence-electron chi connectivity index (χ4n) is 2.16. The molecule has 0 aromatic heterocycles. The number of hydrogen-bond acceptors (Lipinski definition) is 3. The van der Waals surface area contributed by atoms with Crippen LogP contribution in [0.25, 0.3) is 0 Å². The van der Waals surface area contributed by atoms with Gasteiger partial charge in [0, 0.05) is 17.8 Å². The minimum atomic E-state index is 0.249. The lowest BCUT2D eigenvalue weighted by molar-refractivity contribution is 0.289. The third-order valence-electron chi connectivity index (χ3n) is 3.84. The Morgan fingerprint density at radius 2 is 2.06 bits per heavy atom. The van der Waals surface area contributed by atoms with Crippen LogP contribution >= 0.6 is 11.8 Å². The first-order valence-electron chi connectivity index (χ1n) is 7.24. The first kappa shape index (κ1) is 15.8. The Balaban J connectivity index is 2.54. The molecular formula is C14H29N3S. The summed E-state index contributed by atoms with van der Waals surface area (Å²) in [5.74, 6) is 1.19. The van der Waals surface area contributed by atoms with Crippen LogP contribution in [-0.2, 0) is 0 Å². The Hall–Kier alpha value is -0.220. The van der Waals surface area contributed by atoms with E-state index in [4.69, 9.17) is 4.99 Å². The molecule has 1 rings (SSSR count). The molecule has 4 heteroatoms. The average molecular weight is 271 g/mol. The van der Waals surface area contributed by atoms with Crippen molar-refractivity contribution >= 4 is 16.9 Å². The number of rotatable bonds is 6. The number of nitrogens with zero attached hydrogens (tertiary/aromatic N) is 2. The number of hydrogen-bond donors (Lipinski definition) is 1. The van der Waals surface area contributed by atoms with E-state index in [1.165, 1.54) is 12.2 Å². The van der Waals surface area contributed by atoms with E-state index in [0.717, 1.165) is 31.2 Å². The lowest BCUT2D eigenvalue weighted by Gasteiger charge is -2.35. The van der Waals surface area contributed by atoms with E-state index in [9.17, 15) is 0 Å². The van der Waals surface area contributed by atoms with Crippen LogP contribution in [0.4, 0.5) is 0 Å². The van der Waals surface area contributed by atoms with E-state index in [1.807, 2.05) is 11.8 Å². The second-order valence-electron chi connectivity index (χ2n) is 5.41. The van der Waals surface area contributed by atoms with Crippen LogP contribution in [0.1, 0.15) is 47.5 Å². The first-order valence-corrected chi connectivity index (χ1v) is 8.22. The number of aliphatic imine (C=N–C) groups is 1. The maximum absolute atomic E-state index is 4.84. The van der Waals surface area contributed by atoms with Crippen molar-refractivity contribution in [2.24, 2.45) is 4.99 Å². The van der Waals surface area contributed by atoms with Crippen molar-refractivity contribution in [3.63, 3.8) is 0 Å². The molecule has 1 fully saturated rings. The smallest absolute Gasteiger partial charge is 0.157 e. The molecule has 1 N–H and O–H groups in total. The average Bonchev–Trinajstić information content (AvgIpc) is 2.36. The Morgan fingerprint density at radius 3 is 2.61 bits per heavy atom. The van der Waals surface area contributed by atoms with Gasteiger partial charge in [-0.15, -0.1) is 0 Å². The van der Waals surface area contributed by atoms with Crippen molar-refractivity contribution in [3.05, 3.63) is 0 Å². The highest BCUT2D eigenvalue weighted by Gasteiger charge is 2.27. The van der Waals surface area contributed by atoms with E-state index in [-0.39, 0.29) is 5.54 Å². The predicted octanol–water partition coefficient (Wildman–Crippen LogP) is 2.97. The van der Waals surface area contributed by atoms with E-state index < -0.39 is 0 Å². The van der Waals surface area contributed by atoms with Gasteiger partial charge in [-0.05, 0) is 39.8 Å². The van der Waals surface area contributed by atoms with Crippen molar-refractivity contribution in [1.82, 2.24) is 10.2 Å². The van der Waals surface area contributed by atoms with Crippen LogP contribution in [0.5, 0.6) is 0 Å². The third kappa shape index (κ3) is 4.81. The van der Waals surface area contributed by atoms with Gasteiger partial charge in [-0.25, -0.2) is 0 Å². The summed E-state index contributed by atoms with van der Waals surface area (Å²) in [4.78, 5) is 7.27. The fraction of sp³-hybridized carbons (Fsp3) is 0.929. The van der Waals surface area contributed by atoms with Crippen molar-refractivity contribution in [2.75, 3.05) is 25.4 Å². The van der Waals surface area contributed by atoms with Gasteiger partial charge in [0.15, 0.2) is 5.17 Å². The molecule has 2 atom stereocenters. The molecule has 0 saturated carbocycles. The zero-order valence-corrected chi connectivity index (χ0v) is 13.4. The highest BCUT2D eigenvalue weighted by Crippen LogP contribution is 2.25. The van der Waals surface area contributed by atoms with Gasteiger partial charge in [0.1, 0.15) is 0 Å². The molecule has 106 valence electrons. The van der Waals surface area contributed by atoms with Gasteiger partial charge in [-0.3, -0.25) is 4.99 Å². The zero-order chi connectivity index (χ0) is 13.6. The second-order valence-corrected chi connectivity index (χ2v) is 6.49. The van der Waals surface area contributed by atoms with E-state index >= 15 is 0 Å². The predicted molar refractivity (Wildman–Crippen MR) is 83.6 cm³/mol. The molecule has 0 aromatic carbocycles. The topological polar surface area (TPSA) is 27.6 Å². The molecule has 0 bridgehead atoms. The molecule has 1 aliphatic rings. The van der Waals surface area contributed by atoms with Crippen LogP contribution in [0.3, 0.4) is 0 Å². The molecule has 3 nitrogen and oxygen atoms in total. The summed E-state index contributed by atoms with van der Waals surface area (Å²) in [7, 11) is 0. The van der Waals surface area contributed by atoms with Gasteiger partial charge >= 0.3 is 0 Å². The minimum Gasteiger partial charge on any atom is -0.360 e. The van der Waals surface area contributed by atoms with Crippen LogP contribution in [0, 0.1) is 0 Å². The fourth-order valence-corrected chi connectivity index (χ4v) is 3.48. The number of nitrogens with one attached hydrogen (secondary N) is 1. The van der Waals surface area contributed by atoms with Gasteiger partial charge < -0.3 is 10.2 Å². The Bertz CT molecular complexity index is 276. The zero-order valence-electron chi connectivity index (χ0n) is 12.6. The van der Waals surface area contributed by atoms with Crippen molar-refractivity contribution in [2.45, 2.75) is 59.0 Å². The molecule has 0 radical (unpaired) electrons. The molecule has 0 aliphatic carbocycles. The first-order chi connectivity index (χ1) is 8.53. The molecule has 18 heavy (non-hydrogen) atoms. The van der Waals surface area contributed by atoms with E-state index in [0.29, 0.717) is 6.04 Å². The van der Waals surface area contributed by atoms with Gasteiger partial charge in [0.2, 0.25) is 0 Å². The maximum atomic E-state index is 4.84. The largest absolute Gasteiger partial charge is 0.360 e. The summed E-state index contributed by atoms with van der Waals surface area (Å²) in [5.41, 5.74) is 0.249. The summed E-state index contributed by atoms with van der Waals surface area (Å²) in [6.45, 7) is 14.5. The highest BCUT2D eigenvalue weighted by atomic mass is 32.2. The molecule has 2 unspecified atom stereocenters. The summed E-state index contributed by atoms with van der Waals surface area (Å²) < 4.78 is 0. The molecule has 0 aromatic rings. The molecule has 1 heterocycles. The van der Waals surface area contributed by atoms with Crippen molar-refractivity contribution in [1.29, 1.82) is 0 Å². The SMILES string of the molecule is CCN(CC)CC(C)N=C1NC(C)(CC)CCS1. The van der Waals surface area contributed by atoms with Gasteiger partial charge in [0.05, 0.1) is 6.04 Å². The molecule has 0 spiro atoms. The number of amidine groups is 1. The van der Waals surface area contributed by atoms with E-state index in [1.54, 1.807) is 0 Å². The van der Waals surface area contributed by atoms with Gasteiger partial charge in [-0.1, -0.05) is 32.5 Å². The van der Waals surface area contributed by atoms with Crippen LogP contribution in [0.2, 0.25) is 0 Å². The highest BCUT2D eigenvalue weighted by molar-refractivity contribution is 8.13. The van der Waals surface area contributed by atoms with Crippen LogP contribution in [0.15, 0.2) is 4.99 Å².